The maximum Gasteiger partial charge on any atom is 0.416 e. The minimum atomic E-state index is -4.40. The Balaban J connectivity index is 1.95. The van der Waals surface area contributed by atoms with Crippen molar-refractivity contribution in [3.8, 4) is 0 Å². The standard InChI is InChI=1S/C14H14F3N3O2/c1-8-18-19-13(22-8)20-7-11(21)6-12(20)9-3-2-4-10(5-9)14(15,16)17/h2-5,11-12,21H,6-7H2,1H3. The van der Waals surface area contributed by atoms with Crippen LogP contribution in [0.2, 0.25) is 0 Å². The van der Waals surface area contributed by atoms with Gasteiger partial charge in [0.05, 0.1) is 17.7 Å². The van der Waals surface area contributed by atoms with Gasteiger partial charge in [-0.25, -0.2) is 0 Å². The molecule has 1 saturated heterocycles. The molecule has 22 heavy (non-hydrogen) atoms. The first-order valence-corrected chi connectivity index (χ1v) is 6.76. The Hall–Kier alpha value is -2.09. The molecule has 0 radical (unpaired) electrons. The quantitative estimate of drug-likeness (QED) is 0.923. The SMILES string of the molecule is Cc1nnc(N2CC(O)CC2c2cccc(C(F)(F)F)c2)o1. The largest absolute Gasteiger partial charge is 0.416 e. The van der Waals surface area contributed by atoms with E-state index in [9.17, 15) is 18.3 Å². The van der Waals surface area contributed by atoms with Gasteiger partial charge in [0.1, 0.15) is 0 Å². The summed E-state index contributed by atoms with van der Waals surface area (Å²) < 4.78 is 43.9. The highest BCUT2D eigenvalue weighted by molar-refractivity contribution is 5.38. The summed E-state index contributed by atoms with van der Waals surface area (Å²) in [5.41, 5.74) is -0.254. The molecule has 0 saturated carbocycles. The van der Waals surface area contributed by atoms with Gasteiger partial charge in [0.25, 0.3) is 0 Å². The number of benzene rings is 1. The lowest BCUT2D eigenvalue weighted by atomic mass is 10.0. The summed E-state index contributed by atoms with van der Waals surface area (Å²) in [7, 11) is 0. The predicted octanol–water partition coefficient (Wildman–Crippen LogP) is 2.71. The first-order chi connectivity index (χ1) is 10.3. The van der Waals surface area contributed by atoms with Crippen molar-refractivity contribution in [1.29, 1.82) is 0 Å². The van der Waals surface area contributed by atoms with E-state index in [2.05, 4.69) is 10.2 Å². The van der Waals surface area contributed by atoms with E-state index in [1.807, 2.05) is 0 Å². The maximum atomic E-state index is 12.9. The Kier molecular flexibility index (Phi) is 3.56. The highest BCUT2D eigenvalue weighted by Gasteiger charge is 2.37. The van der Waals surface area contributed by atoms with Crippen molar-refractivity contribution in [2.75, 3.05) is 11.4 Å². The van der Waals surface area contributed by atoms with Crippen molar-refractivity contribution in [2.24, 2.45) is 0 Å². The fourth-order valence-corrected chi connectivity index (χ4v) is 2.67. The topological polar surface area (TPSA) is 62.4 Å². The second-order valence-electron chi connectivity index (χ2n) is 5.28. The van der Waals surface area contributed by atoms with Crippen LogP contribution < -0.4 is 4.90 Å². The molecule has 1 aliphatic heterocycles. The molecule has 1 aliphatic rings. The molecule has 0 amide bonds. The third-order valence-corrected chi connectivity index (χ3v) is 3.64. The van der Waals surface area contributed by atoms with Crippen molar-refractivity contribution >= 4 is 6.01 Å². The summed E-state index contributed by atoms with van der Waals surface area (Å²) in [6.07, 6.45) is -4.76. The van der Waals surface area contributed by atoms with Crippen molar-refractivity contribution < 1.29 is 22.7 Å². The molecule has 1 N–H and O–H groups in total. The van der Waals surface area contributed by atoms with Crippen LogP contribution in [0.4, 0.5) is 19.2 Å². The average Bonchev–Trinajstić information content (AvgIpc) is 3.04. The van der Waals surface area contributed by atoms with E-state index in [0.29, 0.717) is 17.9 Å². The van der Waals surface area contributed by atoms with Gasteiger partial charge in [-0.3, -0.25) is 0 Å². The van der Waals surface area contributed by atoms with E-state index in [0.717, 1.165) is 12.1 Å². The van der Waals surface area contributed by atoms with Crippen molar-refractivity contribution in [3.05, 3.63) is 41.3 Å². The number of hydrogen-bond donors (Lipinski definition) is 1. The molecule has 5 nitrogen and oxygen atoms in total. The fourth-order valence-electron chi connectivity index (χ4n) is 2.67. The van der Waals surface area contributed by atoms with Gasteiger partial charge in [0, 0.05) is 13.5 Å². The minimum Gasteiger partial charge on any atom is -0.408 e. The number of aromatic nitrogens is 2. The number of halogens is 3. The van der Waals surface area contributed by atoms with E-state index in [-0.39, 0.29) is 12.6 Å². The van der Waals surface area contributed by atoms with Crippen LogP contribution >= 0.6 is 0 Å². The summed E-state index contributed by atoms with van der Waals surface area (Å²) in [4.78, 5) is 1.64. The Labute approximate surface area is 124 Å². The van der Waals surface area contributed by atoms with Crippen LogP contribution in [0.1, 0.15) is 29.5 Å². The van der Waals surface area contributed by atoms with Gasteiger partial charge in [0.15, 0.2) is 0 Å². The third-order valence-electron chi connectivity index (χ3n) is 3.64. The van der Waals surface area contributed by atoms with Crippen LogP contribution in [0, 0.1) is 6.92 Å². The predicted molar refractivity (Wildman–Crippen MR) is 71.2 cm³/mol. The number of alkyl halides is 3. The zero-order chi connectivity index (χ0) is 15.9. The van der Waals surface area contributed by atoms with Gasteiger partial charge in [-0.15, -0.1) is 5.10 Å². The lowest BCUT2D eigenvalue weighted by molar-refractivity contribution is -0.137. The summed E-state index contributed by atoms with van der Waals surface area (Å²) in [6, 6.07) is 4.86. The molecule has 0 aliphatic carbocycles. The summed E-state index contributed by atoms with van der Waals surface area (Å²) in [5.74, 6) is 0.360. The van der Waals surface area contributed by atoms with Crippen molar-refractivity contribution in [2.45, 2.75) is 31.7 Å². The summed E-state index contributed by atoms with van der Waals surface area (Å²) in [6.45, 7) is 1.87. The second kappa shape index (κ2) is 5.28. The van der Waals surface area contributed by atoms with Gasteiger partial charge >= 0.3 is 12.2 Å². The molecule has 0 spiro atoms. The van der Waals surface area contributed by atoms with E-state index < -0.39 is 23.9 Å². The molecule has 1 fully saturated rings. The molecule has 1 aromatic carbocycles. The molecule has 2 atom stereocenters. The molecule has 118 valence electrons. The molecule has 0 bridgehead atoms. The van der Waals surface area contributed by atoms with Gasteiger partial charge in [-0.1, -0.05) is 17.2 Å². The zero-order valence-corrected chi connectivity index (χ0v) is 11.7. The average molecular weight is 313 g/mol. The first-order valence-electron chi connectivity index (χ1n) is 6.76. The van der Waals surface area contributed by atoms with Crippen LogP contribution in [0.25, 0.3) is 0 Å². The molecule has 8 heteroatoms. The van der Waals surface area contributed by atoms with Gasteiger partial charge in [0.2, 0.25) is 5.89 Å². The molecule has 2 aromatic rings. The monoisotopic (exact) mass is 313 g/mol. The Morgan fingerprint density at radius 1 is 1.32 bits per heavy atom. The van der Waals surface area contributed by atoms with E-state index in [1.165, 1.54) is 6.07 Å². The Bertz CT molecular complexity index is 671. The third kappa shape index (κ3) is 2.78. The van der Waals surface area contributed by atoms with Gasteiger partial charge in [-0.05, 0) is 24.1 Å². The van der Waals surface area contributed by atoms with E-state index >= 15 is 0 Å². The number of anilines is 1. The highest BCUT2D eigenvalue weighted by atomic mass is 19.4. The van der Waals surface area contributed by atoms with Crippen molar-refractivity contribution in [1.82, 2.24) is 10.2 Å². The van der Waals surface area contributed by atoms with Crippen LogP contribution in [-0.2, 0) is 6.18 Å². The maximum absolute atomic E-state index is 12.9. The number of rotatable bonds is 2. The first kappa shape index (κ1) is 14.8. The highest BCUT2D eigenvalue weighted by Crippen LogP contribution is 2.38. The lowest BCUT2D eigenvalue weighted by Crippen LogP contribution is -2.24. The smallest absolute Gasteiger partial charge is 0.408 e. The summed E-state index contributed by atoms with van der Waals surface area (Å²) in [5, 5.41) is 17.5. The van der Waals surface area contributed by atoms with E-state index in [4.69, 9.17) is 4.42 Å². The Morgan fingerprint density at radius 2 is 2.09 bits per heavy atom. The minimum absolute atomic E-state index is 0.205. The van der Waals surface area contributed by atoms with E-state index in [1.54, 1.807) is 17.9 Å². The lowest BCUT2D eigenvalue weighted by Gasteiger charge is -2.23. The summed E-state index contributed by atoms with van der Waals surface area (Å²) >= 11 is 0. The number of aliphatic hydroxyl groups excluding tert-OH is 1. The van der Waals surface area contributed by atoms with Crippen LogP contribution in [-0.4, -0.2) is 28.0 Å². The number of nitrogens with zero attached hydrogens (tertiary/aromatic N) is 3. The number of β-amino-alcohol motifs (C(OH)–C–C–N with tert-alkyl or cyclic N) is 1. The number of hydrogen-bond acceptors (Lipinski definition) is 5. The molecular weight excluding hydrogens is 299 g/mol. The number of aliphatic hydroxyl groups is 1. The molecule has 1 aromatic heterocycles. The fraction of sp³-hybridized carbons (Fsp3) is 0.429. The van der Waals surface area contributed by atoms with Crippen LogP contribution in [0.3, 0.4) is 0 Å². The molecule has 2 heterocycles. The van der Waals surface area contributed by atoms with Crippen LogP contribution in [0.5, 0.6) is 0 Å². The van der Waals surface area contributed by atoms with Crippen LogP contribution in [0.15, 0.2) is 28.7 Å². The molecule has 2 unspecified atom stereocenters. The molecular formula is C14H14F3N3O2. The van der Waals surface area contributed by atoms with Crippen molar-refractivity contribution in [3.63, 3.8) is 0 Å². The normalized spacial score (nSPS) is 22.3. The van der Waals surface area contributed by atoms with Gasteiger partial charge in [-0.2, -0.15) is 13.2 Å². The Morgan fingerprint density at radius 3 is 2.73 bits per heavy atom. The zero-order valence-electron chi connectivity index (χ0n) is 11.7. The second-order valence-corrected chi connectivity index (χ2v) is 5.28. The van der Waals surface area contributed by atoms with Gasteiger partial charge < -0.3 is 14.4 Å². The molecule has 3 rings (SSSR count). The number of aryl methyl sites for hydroxylation is 1.